The number of hydrogen-bond donors (Lipinski definition) is 1. The largest absolute Gasteiger partial charge is 0.490 e. The van der Waals surface area contributed by atoms with Gasteiger partial charge in [-0.3, -0.25) is 0 Å². The summed E-state index contributed by atoms with van der Waals surface area (Å²) in [7, 11) is 0. The molecule has 1 atom stereocenters. The van der Waals surface area contributed by atoms with Gasteiger partial charge in [-0.2, -0.15) is 0 Å². The van der Waals surface area contributed by atoms with Crippen LogP contribution in [0.1, 0.15) is 31.7 Å². The third kappa shape index (κ3) is 2.23. The van der Waals surface area contributed by atoms with Crippen molar-refractivity contribution in [3.05, 3.63) is 21.9 Å². The molecule has 2 aliphatic heterocycles. The number of nitrogens with one attached hydrogen (secondary N) is 1. The number of rotatable bonds is 1. The summed E-state index contributed by atoms with van der Waals surface area (Å²) < 4.78 is 26.2. The number of benzene rings is 1. The zero-order valence-electron chi connectivity index (χ0n) is 10.9. The van der Waals surface area contributed by atoms with Crippen LogP contribution < -0.4 is 14.8 Å². The van der Waals surface area contributed by atoms with Crippen LogP contribution in [0.15, 0.2) is 10.5 Å². The number of halogens is 2. The van der Waals surface area contributed by atoms with E-state index in [2.05, 4.69) is 21.2 Å². The fourth-order valence-electron chi connectivity index (χ4n) is 2.77. The number of fused-ring (bicyclic) bond motifs is 1. The molecule has 5 heteroatoms. The van der Waals surface area contributed by atoms with Crippen molar-refractivity contribution in [1.82, 2.24) is 5.32 Å². The van der Waals surface area contributed by atoms with E-state index in [1.807, 2.05) is 6.92 Å². The molecule has 1 fully saturated rings. The molecule has 104 valence electrons. The van der Waals surface area contributed by atoms with Crippen molar-refractivity contribution in [2.45, 2.75) is 31.7 Å². The Hall–Kier alpha value is -0.810. The smallest absolute Gasteiger partial charge is 0.178 e. The van der Waals surface area contributed by atoms with Gasteiger partial charge in [0.1, 0.15) is 5.82 Å². The zero-order valence-corrected chi connectivity index (χ0v) is 12.5. The molecule has 2 aliphatic rings. The van der Waals surface area contributed by atoms with Crippen molar-refractivity contribution in [1.29, 1.82) is 0 Å². The van der Waals surface area contributed by atoms with Gasteiger partial charge in [0.05, 0.1) is 17.7 Å². The maximum Gasteiger partial charge on any atom is 0.178 e. The number of hydrogen-bond acceptors (Lipinski definition) is 3. The van der Waals surface area contributed by atoms with Crippen LogP contribution in [-0.4, -0.2) is 19.8 Å². The summed E-state index contributed by atoms with van der Waals surface area (Å²) in [6, 6.07) is 1.79. The second kappa shape index (κ2) is 4.94. The molecule has 0 radical (unpaired) electrons. The third-order valence-corrected chi connectivity index (χ3v) is 4.59. The zero-order chi connectivity index (χ0) is 13.5. The average molecular weight is 330 g/mol. The van der Waals surface area contributed by atoms with E-state index in [9.17, 15) is 4.39 Å². The predicted molar refractivity (Wildman–Crippen MR) is 74.3 cm³/mol. The minimum absolute atomic E-state index is 0.249. The van der Waals surface area contributed by atoms with Crippen LogP contribution >= 0.6 is 15.9 Å². The first-order valence-electron chi connectivity index (χ1n) is 6.65. The molecule has 0 saturated carbocycles. The molecule has 1 unspecified atom stereocenters. The van der Waals surface area contributed by atoms with Gasteiger partial charge in [-0.25, -0.2) is 4.39 Å². The molecule has 19 heavy (non-hydrogen) atoms. The molecule has 3 nitrogen and oxygen atoms in total. The van der Waals surface area contributed by atoms with Gasteiger partial charge in [-0.1, -0.05) is 0 Å². The Bertz CT molecular complexity index is 501. The molecule has 1 aromatic rings. The third-order valence-electron chi connectivity index (χ3n) is 3.88. The van der Waals surface area contributed by atoms with Crippen molar-refractivity contribution in [3.8, 4) is 11.5 Å². The number of ether oxygens (including phenoxy) is 2. The van der Waals surface area contributed by atoms with Crippen LogP contribution in [0, 0.1) is 5.82 Å². The lowest BCUT2D eigenvalue weighted by molar-refractivity contribution is 0.296. The van der Waals surface area contributed by atoms with Crippen molar-refractivity contribution >= 4 is 15.9 Å². The first-order valence-corrected chi connectivity index (χ1v) is 7.44. The SMILES string of the molecule is CC1(c2cc3c(c(Br)c2F)OCCCO3)CCCN1. The van der Waals surface area contributed by atoms with Crippen molar-refractivity contribution in [3.63, 3.8) is 0 Å². The van der Waals surface area contributed by atoms with E-state index in [4.69, 9.17) is 9.47 Å². The molecule has 1 N–H and O–H groups in total. The van der Waals surface area contributed by atoms with Gasteiger partial charge in [0.2, 0.25) is 0 Å². The second-order valence-corrected chi connectivity index (χ2v) is 6.09. The van der Waals surface area contributed by atoms with E-state index >= 15 is 0 Å². The summed E-state index contributed by atoms with van der Waals surface area (Å²) in [5.41, 5.74) is 0.332. The first-order chi connectivity index (χ1) is 9.12. The molecular formula is C14H17BrFNO2. The van der Waals surface area contributed by atoms with Crippen LogP contribution in [-0.2, 0) is 5.54 Å². The Morgan fingerprint density at radius 1 is 1.32 bits per heavy atom. The summed E-state index contributed by atoms with van der Waals surface area (Å²) in [6.45, 7) is 4.12. The Labute approximate surface area is 120 Å². The Kier molecular flexibility index (Phi) is 3.43. The first kappa shape index (κ1) is 13.2. The Balaban J connectivity index is 2.11. The van der Waals surface area contributed by atoms with Crippen LogP contribution in [0.3, 0.4) is 0 Å². The lowest BCUT2D eigenvalue weighted by Crippen LogP contribution is -2.34. The molecule has 3 rings (SSSR count). The lowest BCUT2D eigenvalue weighted by atomic mass is 9.90. The van der Waals surface area contributed by atoms with Gasteiger partial charge in [0, 0.05) is 17.5 Å². The van der Waals surface area contributed by atoms with Gasteiger partial charge in [0.15, 0.2) is 11.5 Å². The van der Waals surface area contributed by atoms with Crippen LogP contribution in [0.25, 0.3) is 0 Å². The van der Waals surface area contributed by atoms with Crippen molar-refractivity contribution < 1.29 is 13.9 Å². The molecular weight excluding hydrogens is 313 g/mol. The minimum Gasteiger partial charge on any atom is -0.490 e. The van der Waals surface area contributed by atoms with Gasteiger partial charge in [-0.05, 0) is 48.3 Å². The summed E-state index contributed by atoms with van der Waals surface area (Å²) in [6.07, 6.45) is 2.80. The standard InChI is InChI=1S/C14H17BrFNO2/c1-14(4-2-5-17-14)9-8-10-13(11(15)12(9)16)19-7-3-6-18-10/h8,17H,2-7H2,1H3. The molecule has 0 amide bonds. The van der Waals surface area contributed by atoms with Gasteiger partial charge in [-0.15, -0.1) is 0 Å². The van der Waals surface area contributed by atoms with Gasteiger partial charge < -0.3 is 14.8 Å². The Morgan fingerprint density at radius 3 is 2.84 bits per heavy atom. The highest BCUT2D eigenvalue weighted by molar-refractivity contribution is 9.10. The van der Waals surface area contributed by atoms with Gasteiger partial charge >= 0.3 is 0 Å². The van der Waals surface area contributed by atoms with E-state index in [0.717, 1.165) is 25.8 Å². The topological polar surface area (TPSA) is 30.5 Å². The summed E-state index contributed by atoms with van der Waals surface area (Å²) in [4.78, 5) is 0. The minimum atomic E-state index is -0.322. The molecule has 2 heterocycles. The second-order valence-electron chi connectivity index (χ2n) is 5.29. The predicted octanol–water partition coefficient (Wildman–Crippen LogP) is 3.35. The fourth-order valence-corrected chi connectivity index (χ4v) is 3.29. The molecule has 0 aliphatic carbocycles. The molecule has 1 saturated heterocycles. The van der Waals surface area contributed by atoms with E-state index < -0.39 is 0 Å². The van der Waals surface area contributed by atoms with E-state index in [1.165, 1.54) is 0 Å². The van der Waals surface area contributed by atoms with E-state index in [-0.39, 0.29) is 11.4 Å². The quantitative estimate of drug-likeness (QED) is 0.857. The average Bonchev–Trinajstić information content (AvgIpc) is 2.70. The maximum atomic E-state index is 14.6. The highest BCUT2D eigenvalue weighted by Crippen LogP contribution is 2.44. The van der Waals surface area contributed by atoms with E-state index in [0.29, 0.717) is 34.7 Å². The summed E-state index contributed by atoms with van der Waals surface area (Å²) in [5, 5.41) is 3.38. The molecule has 0 spiro atoms. The van der Waals surface area contributed by atoms with Crippen LogP contribution in [0.2, 0.25) is 0 Å². The normalized spacial score (nSPS) is 26.3. The summed E-state index contributed by atoms with van der Waals surface area (Å²) >= 11 is 3.31. The molecule has 0 bridgehead atoms. The Morgan fingerprint density at radius 2 is 2.11 bits per heavy atom. The maximum absolute atomic E-state index is 14.6. The van der Waals surface area contributed by atoms with Crippen LogP contribution in [0.4, 0.5) is 4.39 Å². The van der Waals surface area contributed by atoms with Crippen LogP contribution in [0.5, 0.6) is 11.5 Å². The lowest BCUT2D eigenvalue weighted by Gasteiger charge is -2.27. The molecule has 1 aromatic carbocycles. The highest BCUT2D eigenvalue weighted by Gasteiger charge is 2.35. The summed E-state index contributed by atoms with van der Waals surface area (Å²) in [5.74, 6) is 0.872. The monoisotopic (exact) mass is 329 g/mol. The van der Waals surface area contributed by atoms with E-state index in [1.54, 1.807) is 6.07 Å². The van der Waals surface area contributed by atoms with Gasteiger partial charge in [0.25, 0.3) is 0 Å². The van der Waals surface area contributed by atoms with Crippen molar-refractivity contribution in [2.75, 3.05) is 19.8 Å². The fraction of sp³-hybridized carbons (Fsp3) is 0.571. The molecule has 0 aromatic heterocycles. The highest BCUT2D eigenvalue weighted by atomic mass is 79.9. The van der Waals surface area contributed by atoms with Crippen molar-refractivity contribution in [2.24, 2.45) is 0 Å².